The summed E-state index contributed by atoms with van der Waals surface area (Å²) in [5.41, 5.74) is 6.26. The molecule has 35 heavy (non-hydrogen) atoms. The predicted molar refractivity (Wildman–Crippen MR) is 122 cm³/mol. The largest absolute Gasteiger partial charge is 0.454 e. The number of fused-ring (bicyclic) bond motifs is 5. The molecule has 180 valence electrons. The molecule has 4 atom stereocenters. The summed E-state index contributed by atoms with van der Waals surface area (Å²) in [6.07, 6.45) is -0.206. The number of hydrogen-bond acceptors (Lipinski definition) is 7. The first-order valence-electron chi connectivity index (χ1n) is 11.1. The van der Waals surface area contributed by atoms with E-state index >= 15 is 0 Å². The van der Waals surface area contributed by atoms with Crippen molar-refractivity contribution in [1.82, 2.24) is 10.2 Å². The topological polar surface area (TPSA) is 140 Å². The fraction of sp³-hybridized carbons (Fsp3) is 0.333. The van der Waals surface area contributed by atoms with Gasteiger partial charge in [0.2, 0.25) is 30.4 Å². The van der Waals surface area contributed by atoms with Crippen LogP contribution in [0.5, 0.6) is 11.5 Å². The maximum atomic E-state index is 13.8. The first-order chi connectivity index (χ1) is 16.7. The standard InChI is InChI=1S/C24H21ClN4O6/c1-10-4-12-20(13(25)5-10)27-23(33)24(12)19-18(14(28-24)7-17(26)30)21(31)29(22(19)32)8-11-2-3-15-16(6-11)35-9-34-15/h2-6,14,18-19,28H,7-9H2,1H3,(H2,26,30)(H,27,33)/t14-,18+,19+,24+/m0/s1. The number of ether oxygens (including phenoxy) is 2. The SMILES string of the molecule is Cc1cc(Cl)c2c(c1)[C@]1(N[C@@H](CC(N)=O)[C@H]3C(=O)N(Cc4ccc5c(c4)OCO5)C(=O)[C@@H]31)C(=O)N2. The van der Waals surface area contributed by atoms with E-state index in [-0.39, 0.29) is 19.8 Å². The van der Waals surface area contributed by atoms with Crippen LogP contribution < -0.4 is 25.8 Å². The van der Waals surface area contributed by atoms with Crippen LogP contribution in [-0.2, 0) is 31.3 Å². The van der Waals surface area contributed by atoms with Crippen LogP contribution >= 0.6 is 11.6 Å². The number of nitrogens with one attached hydrogen (secondary N) is 2. The molecule has 2 fully saturated rings. The second-order valence-electron chi connectivity index (χ2n) is 9.31. The second kappa shape index (κ2) is 7.43. The number of anilines is 1. The maximum Gasteiger partial charge on any atom is 0.250 e. The van der Waals surface area contributed by atoms with Crippen molar-refractivity contribution < 1.29 is 28.7 Å². The van der Waals surface area contributed by atoms with E-state index in [1.165, 1.54) is 0 Å². The van der Waals surface area contributed by atoms with Crippen molar-refractivity contribution in [3.05, 3.63) is 52.0 Å². The highest BCUT2D eigenvalue weighted by Crippen LogP contribution is 2.55. The van der Waals surface area contributed by atoms with Gasteiger partial charge in [0, 0.05) is 18.0 Å². The number of rotatable bonds is 4. The summed E-state index contributed by atoms with van der Waals surface area (Å²) in [5.74, 6) is -3.00. The van der Waals surface area contributed by atoms with Crippen molar-refractivity contribution in [2.75, 3.05) is 12.1 Å². The summed E-state index contributed by atoms with van der Waals surface area (Å²) < 4.78 is 10.7. The number of hydrogen-bond donors (Lipinski definition) is 3. The van der Waals surface area contributed by atoms with Gasteiger partial charge in [-0.05, 0) is 36.2 Å². The molecule has 10 nitrogen and oxygen atoms in total. The lowest BCUT2D eigenvalue weighted by atomic mass is 9.76. The van der Waals surface area contributed by atoms with Gasteiger partial charge < -0.3 is 20.5 Å². The van der Waals surface area contributed by atoms with Crippen LogP contribution in [0, 0.1) is 18.8 Å². The van der Waals surface area contributed by atoms with E-state index in [2.05, 4.69) is 10.6 Å². The first-order valence-corrected chi connectivity index (χ1v) is 11.5. The Bertz CT molecular complexity index is 1350. The third kappa shape index (κ3) is 2.99. The number of amides is 4. The van der Waals surface area contributed by atoms with Crippen molar-refractivity contribution in [3.63, 3.8) is 0 Å². The summed E-state index contributed by atoms with van der Waals surface area (Å²) >= 11 is 6.41. The molecule has 4 N–H and O–H groups in total. The molecule has 2 aromatic carbocycles. The minimum Gasteiger partial charge on any atom is -0.454 e. The summed E-state index contributed by atoms with van der Waals surface area (Å²) in [7, 11) is 0. The van der Waals surface area contributed by atoms with E-state index in [1.54, 1.807) is 30.3 Å². The fourth-order valence-electron chi connectivity index (χ4n) is 5.82. The highest BCUT2D eigenvalue weighted by molar-refractivity contribution is 6.35. The van der Waals surface area contributed by atoms with Gasteiger partial charge in [-0.1, -0.05) is 23.7 Å². The Labute approximate surface area is 204 Å². The van der Waals surface area contributed by atoms with Crippen LogP contribution in [0.25, 0.3) is 0 Å². The number of nitrogens with zero attached hydrogens (tertiary/aromatic N) is 1. The number of carbonyl (C=O) groups is 4. The van der Waals surface area contributed by atoms with Crippen LogP contribution in [0.15, 0.2) is 30.3 Å². The highest BCUT2D eigenvalue weighted by Gasteiger charge is 2.70. The molecule has 0 aromatic heterocycles. The quantitative estimate of drug-likeness (QED) is 0.540. The molecule has 0 radical (unpaired) electrons. The number of benzene rings is 2. The molecule has 4 aliphatic heterocycles. The molecule has 2 aromatic rings. The van der Waals surface area contributed by atoms with Gasteiger partial charge in [0.15, 0.2) is 11.5 Å². The highest BCUT2D eigenvalue weighted by atomic mass is 35.5. The third-order valence-electron chi connectivity index (χ3n) is 7.21. The zero-order valence-electron chi connectivity index (χ0n) is 18.6. The number of nitrogens with two attached hydrogens (primary N) is 1. The third-order valence-corrected chi connectivity index (χ3v) is 7.51. The average molecular weight is 497 g/mol. The van der Waals surface area contributed by atoms with Crippen LogP contribution in [0.2, 0.25) is 5.02 Å². The zero-order valence-corrected chi connectivity index (χ0v) is 19.3. The van der Waals surface area contributed by atoms with Gasteiger partial charge in [-0.15, -0.1) is 0 Å². The molecule has 1 spiro atoms. The molecule has 0 aliphatic carbocycles. The van der Waals surface area contributed by atoms with Gasteiger partial charge in [-0.2, -0.15) is 0 Å². The molecule has 11 heteroatoms. The summed E-state index contributed by atoms with van der Waals surface area (Å²) in [5, 5.41) is 6.27. The molecule has 0 unspecified atom stereocenters. The predicted octanol–water partition coefficient (Wildman–Crippen LogP) is 1.17. The Morgan fingerprint density at radius 3 is 2.71 bits per heavy atom. The molecular formula is C24H21ClN4O6. The number of carbonyl (C=O) groups excluding carboxylic acids is 4. The Morgan fingerprint density at radius 1 is 1.17 bits per heavy atom. The number of halogens is 1. The molecular weight excluding hydrogens is 476 g/mol. The normalized spacial score (nSPS) is 28.0. The summed E-state index contributed by atoms with van der Waals surface area (Å²) in [6.45, 7) is 1.91. The molecule has 0 saturated carbocycles. The molecule has 4 aliphatic rings. The van der Waals surface area contributed by atoms with Crippen LogP contribution in [-0.4, -0.2) is 41.4 Å². The second-order valence-corrected chi connectivity index (χ2v) is 9.71. The molecule has 4 amide bonds. The summed E-state index contributed by atoms with van der Waals surface area (Å²) in [4.78, 5) is 54.0. The Morgan fingerprint density at radius 2 is 1.94 bits per heavy atom. The Hall–Kier alpha value is -3.63. The lowest BCUT2D eigenvalue weighted by Crippen LogP contribution is -2.53. The average Bonchev–Trinajstić information content (AvgIpc) is 3.51. The molecule has 6 rings (SSSR count). The molecule has 4 heterocycles. The minimum absolute atomic E-state index is 0.0102. The van der Waals surface area contributed by atoms with Gasteiger partial charge in [-0.3, -0.25) is 29.4 Å². The number of aryl methyl sites for hydroxylation is 1. The first kappa shape index (κ1) is 21.9. The number of primary amides is 1. The van der Waals surface area contributed by atoms with Gasteiger partial charge >= 0.3 is 0 Å². The van der Waals surface area contributed by atoms with Crippen molar-refractivity contribution in [2.45, 2.75) is 31.5 Å². The van der Waals surface area contributed by atoms with Crippen molar-refractivity contribution in [2.24, 2.45) is 17.6 Å². The molecule has 2 saturated heterocycles. The molecule has 0 bridgehead atoms. The van der Waals surface area contributed by atoms with Gasteiger partial charge in [0.1, 0.15) is 5.54 Å². The van der Waals surface area contributed by atoms with Crippen LogP contribution in [0.4, 0.5) is 5.69 Å². The van der Waals surface area contributed by atoms with E-state index in [0.29, 0.717) is 33.3 Å². The smallest absolute Gasteiger partial charge is 0.250 e. The van der Waals surface area contributed by atoms with Gasteiger partial charge in [0.05, 0.1) is 29.1 Å². The van der Waals surface area contributed by atoms with Crippen molar-refractivity contribution >= 4 is 40.9 Å². The fourth-order valence-corrected chi connectivity index (χ4v) is 6.14. The van der Waals surface area contributed by atoms with E-state index in [0.717, 1.165) is 10.5 Å². The van der Waals surface area contributed by atoms with E-state index < -0.39 is 47.0 Å². The minimum atomic E-state index is -1.55. The number of likely N-dealkylation sites (tertiary alicyclic amines) is 1. The van der Waals surface area contributed by atoms with E-state index in [4.69, 9.17) is 26.8 Å². The lowest BCUT2D eigenvalue weighted by Gasteiger charge is -2.29. The van der Waals surface area contributed by atoms with Crippen molar-refractivity contribution in [3.8, 4) is 11.5 Å². The Balaban J connectivity index is 1.44. The monoisotopic (exact) mass is 496 g/mol. The van der Waals surface area contributed by atoms with E-state index in [1.807, 2.05) is 6.92 Å². The Kier molecular flexibility index (Phi) is 4.64. The number of imide groups is 1. The van der Waals surface area contributed by atoms with E-state index in [9.17, 15) is 19.2 Å². The van der Waals surface area contributed by atoms with Gasteiger partial charge in [-0.25, -0.2) is 0 Å². The van der Waals surface area contributed by atoms with Crippen LogP contribution in [0.1, 0.15) is 23.1 Å². The van der Waals surface area contributed by atoms with Crippen LogP contribution in [0.3, 0.4) is 0 Å². The summed E-state index contributed by atoms with van der Waals surface area (Å²) in [6, 6.07) is 7.86. The zero-order chi connectivity index (χ0) is 24.6. The van der Waals surface area contributed by atoms with Gasteiger partial charge in [0.25, 0.3) is 0 Å². The maximum absolute atomic E-state index is 13.8. The lowest BCUT2D eigenvalue weighted by molar-refractivity contribution is -0.143. The van der Waals surface area contributed by atoms with Crippen molar-refractivity contribution in [1.29, 1.82) is 0 Å².